The lowest BCUT2D eigenvalue weighted by atomic mass is 9.97. The lowest BCUT2D eigenvalue weighted by molar-refractivity contribution is -0.119. The highest BCUT2D eigenvalue weighted by Gasteiger charge is 2.26. The van der Waals surface area contributed by atoms with Crippen LogP contribution in [0.1, 0.15) is 39.7 Å². The number of hydrogen-bond acceptors (Lipinski definition) is 6. The summed E-state index contributed by atoms with van der Waals surface area (Å²) in [4.78, 5) is 39.3. The minimum Gasteiger partial charge on any atom is -0.436 e. The number of amides is 2. The number of thiazole rings is 1. The van der Waals surface area contributed by atoms with E-state index in [1.54, 1.807) is 13.8 Å². The van der Waals surface area contributed by atoms with E-state index in [9.17, 15) is 9.59 Å². The lowest BCUT2D eigenvalue weighted by Crippen LogP contribution is -2.34. The van der Waals surface area contributed by atoms with Crippen LogP contribution in [0.2, 0.25) is 0 Å². The van der Waals surface area contributed by atoms with Gasteiger partial charge in [-0.25, -0.2) is 9.97 Å². The molecule has 1 aliphatic heterocycles. The van der Waals surface area contributed by atoms with Crippen molar-refractivity contribution in [3.8, 4) is 11.3 Å². The first-order valence-electron chi connectivity index (χ1n) is 11.7. The molecule has 0 bridgehead atoms. The molecule has 5 aromatic rings. The zero-order valence-corrected chi connectivity index (χ0v) is 20.6. The number of hydrogen-bond donors (Lipinski definition) is 2. The normalized spacial score (nSPS) is 13.3. The topological polar surface area (TPSA) is 104 Å². The minimum absolute atomic E-state index is 0.122. The van der Waals surface area contributed by atoms with Gasteiger partial charge in [0.25, 0.3) is 5.91 Å². The molecule has 0 aliphatic carbocycles. The maximum Gasteiger partial charge on any atom is 0.295 e. The monoisotopic (exact) mass is 497 g/mol. The van der Waals surface area contributed by atoms with Crippen LogP contribution >= 0.6 is 11.3 Å². The Bertz CT molecular complexity index is 1630. The van der Waals surface area contributed by atoms with E-state index in [1.807, 2.05) is 46.8 Å². The fourth-order valence-corrected chi connectivity index (χ4v) is 5.40. The Labute approximate surface area is 211 Å². The maximum absolute atomic E-state index is 12.9. The SMILES string of the molecule is Cc1nc(C)c(C(=O)Nc2nc(-c3ccc4c(c3)CCC(=O)N4Cc3c[nH]c4ccccc34)cs2)o1. The van der Waals surface area contributed by atoms with Gasteiger partial charge in [0.1, 0.15) is 0 Å². The van der Waals surface area contributed by atoms with Crippen LogP contribution in [-0.4, -0.2) is 26.8 Å². The Kier molecular flexibility index (Phi) is 5.41. The molecule has 0 unspecified atom stereocenters. The van der Waals surface area contributed by atoms with Crippen molar-refractivity contribution in [1.82, 2.24) is 15.0 Å². The summed E-state index contributed by atoms with van der Waals surface area (Å²) in [5.74, 6) is 0.393. The third-order valence-electron chi connectivity index (χ3n) is 6.41. The quantitative estimate of drug-likeness (QED) is 0.328. The molecule has 8 nitrogen and oxygen atoms in total. The van der Waals surface area contributed by atoms with Crippen molar-refractivity contribution in [3.05, 3.63) is 82.5 Å². The number of para-hydroxylation sites is 1. The second-order valence-electron chi connectivity index (χ2n) is 8.82. The average molecular weight is 498 g/mol. The Morgan fingerprint density at radius 3 is 2.86 bits per heavy atom. The molecule has 0 atom stereocenters. The number of nitrogens with zero attached hydrogens (tertiary/aromatic N) is 3. The maximum atomic E-state index is 12.9. The van der Waals surface area contributed by atoms with E-state index >= 15 is 0 Å². The van der Waals surface area contributed by atoms with Gasteiger partial charge in [0.2, 0.25) is 11.7 Å². The van der Waals surface area contributed by atoms with Crippen molar-refractivity contribution in [2.24, 2.45) is 0 Å². The fraction of sp³-hybridized carbons (Fsp3) is 0.185. The third-order valence-corrected chi connectivity index (χ3v) is 7.17. The van der Waals surface area contributed by atoms with Crippen LogP contribution in [0.4, 0.5) is 10.8 Å². The van der Waals surface area contributed by atoms with Crippen molar-refractivity contribution in [3.63, 3.8) is 0 Å². The molecular weight excluding hydrogens is 474 g/mol. The van der Waals surface area contributed by atoms with Crippen molar-refractivity contribution < 1.29 is 14.0 Å². The second kappa shape index (κ2) is 8.76. The molecule has 6 rings (SSSR count). The molecule has 0 saturated heterocycles. The number of fused-ring (bicyclic) bond motifs is 2. The fourth-order valence-electron chi connectivity index (χ4n) is 4.69. The Morgan fingerprint density at radius 2 is 2.03 bits per heavy atom. The van der Waals surface area contributed by atoms with E-state index in [4.69, 9.17) is 4.42 Å². The number of rotatable bonds is 5. The summed E-state index contributed by atoms with van der Waals surface area (Å²) in [6.07, 6.45) is 3.13. The summed E-state index contributed by atoms with van der Waals surface area (Å²) in [6.45, 7) is 3.96. The number of benzene rings is 2. The van der Waals surface area contributed by atoms with Crippen LogP contribution in [0.3, 0.4) is 0 Å². The molecule has 0 fully saturated rings. The molecule has 4 heterocycles. The molecule has 9 heteroatoms. The standard InChI is InChI=1S/C27H23N5O3S/c1-15-25(35-16(2)29-15)26(34)31-27-30-22(14-36-27)17-7-9-23-18(11-17)8-10-24(33)32(23)13-19-12-28-21-6-4-3-5-20(19)21/h3-7,9,11-12,14,28H,8,10,13H2,1-2H3,(H,30,31,34). The van der Waals surface area contributed by atoms with Gasteiger partial charge in [-0.05, 0) is 42.7 Å². The van der Waals surface area contributed by atoms with Crippen LogP contribution in [-0.2, 0) is 17.8 Å². The number of H-pyrrole nitrogens is 1. The number of aryl methyl sites for hydroxylation is 3. The van der Waals surface area contributed by atoms with Crippen LogP contribution in [0.15, 0.2) is 58.5 Å². The highest BCUT2D eigenvalue weighted by molar-refractivity contribution is 7.14. The summed E-state index contributed by atoms with van der Waals surface area (Å²) < 4.78 is 5.40. The molecule has 36 heavy (non-hydrogen) atoms. The number of nitrogens with one attached hydrogen (secondary N) is 2. The van der Waals surface area contributed by atoms with Crippen LogP contribution in [0.25, 0.3) is 22.2 Å². The first-order chi connectivity index (χ1) is 17.5. The Hall–Kier alpha value is -4.24. The minimum atomic E-state index is -0.370. The molecule has 3 aromatic heterocycles. The summed E-state index contributed by atoms with van der Waals surface area (Å²) in [5.41, 5.74) is 6.45. The van der Waals surface area contributed by atoms with Gasteiger partial charge in [-0.1, -0.05) is 24.3 Å². The third kappa shape index (κ3) is 3.97. The molecule has 2 amide bonds. The van der Waals surface area contributed by atoms with Gasteiger partial charge in [-0.15, -0.1) is 11.3 Å². The summed E-state index contributed by atoms with van der Waals surface area (Å²) in [5, 5.41) is 6.32. The highest BCUT2D eigenvalue weighted by Crippen LogP contribution is 2.35. The van der Waals surface area contributed by atoms with Gasteiger partial charge in [0.15, 0.2) is 11.0 Å². The molecule has 2 aromatic carbocycles. The van der Waals surface area contributed by atoms with Crippen LogP contribution < -0.4 is 10.2 Å². The molecule has 0 radical (unpaired) electrons. The summed E-state index contributed by atoms with van der Waals surface area (Å²) >= 11 is 1.35. The van der Waals surface area contributed by atoms with Crippen LogP contribution in [0.5, 0.6) is 0 Å². The van der Waals surface area contributed by atoms with Gasteiger partial charge in [-0.3, -0.25) is 14.9 Å². The van der Waals surface area contributed by atoms with E-state index < -0.39 is 0 Å². The molecule has 0 saturated carbocycles. The first kappa shape index (κ1) is 22.2. The molecule has 0 spiro atoms. The number of carbonyl (C=O) groups is 2. The van der Waals surface area contributed by atoms with E-state index in [1.165, 1.54) is 11.3 Å². The van der Waals surface area contributed by atoms with Crippen molar-refractivity contribution >= 4 is 44.9 Å². The Balaban J connectivity index is 1.24. The highest BCUT2D eigenvalue weighted by atomic mass is 32.1. The smallest absolute Gasteiger partial charge is 0.295 e. The van der Waals surface area contributed by atoms with Gasteiger partial charge in [-0.2, -0.15) is 0 Å². The summed E-state index contributed by atoms with van der Waals surface area (Å²) in [6, 6.07) is 14.2. The van der Waals surface area contributed by atoms with Gasteiger partial charge < -0.3 is 14.3 Å². The zero-order valence-electron chi connectivity index (χ0n) is 19.8. The molecular formula is C27H23N5O3S. The number of aromatic nitrogens is 3. The van der Waals surface area contributed by atoms with Crippen molar-refractivity contribution in [1.29, 1.82) is 0 Å². The van der Waals surface area contributed by atoms with Crippen LogP contribution in [0, 0.1) is 13.8 Å². The number of carbonyl (C=O) groups excluding carboxylic acids is 2. The van der Waals surface area contributed by atoms with E-state index in [2.05, 4.69) is 32.4 Å². The van der Waals surface area contributed by atoms with Gasteiger partial charge >= 0.3 is 0 Å². The van der Waals surface area contributed by atoms with Crippen molar-refractivity contribution in [2.45, 2.75) is 33.2 Å². The van der Waals surface area contributed by atoms with E-state index in [0.29, 0.717) is 36.1 Å². The largest absolute Gasteiger partial charge is 0.436 e. The Morgan fingerprint density at radius 1 is 1.17 bits per heavy atom. The summed E-state index contributed by atoms with van der Waals surface area (Å²) in [7, 11) is 0. The molecule has 180 valence electrons. The zero-order chi connectivity index (χ0) is 24.8. The number of oxazole rings is 1. The van der Waals surface area contributed by atoms with E-state index in [0.717, 1.165) is 39.0 Å². The van der Waals surface area contributed by atoms with Crippen molar-refractivity contribution in [2.75, 3.05) is 10.2 Å². The predicted molar refractivity (Wildman–Crippen MR) is 139 cm³/mol. The second-order valence-corrected chi connectivity index (χ2v) is 9.68. The van der Waals surface area contributed by atoms with Gasteiger partial charge in [0, 0.05) is 47.1 Å². The van der Waals surface area contributed by atoms with Gasteiger partial charge in [0.05, 0.1) is 17.9 Å². The lowest BCUT2D eigenvalue weighted by Gasteiger charge is -2.29. The first-order valence-corrected chi connectivity index (χ1v) is 12.5. The number of anilines is 2. The molecule has 2 N–H and O–H groups in total. The number of aromatic amines is 1. The molecule has 1 aliphatic rings. The average Bonchev–Trinajstić information content (AvgIpc) is 3.59. The van der Waals surface area contributed by atoms with E-state index in [-0.39, 0.29) is 17.6 Å². The predicted octanol–water partition coefficient (Wildman–Crippen LogP) is 5.63.